The quantitative estimate of drug-likeness (QED) is 0.796. The summed E-state index contributed by atoms with van der Waals surface area (Å²) in [6, 6.07) is 2.98. The predicted molar refractivity (Wildman–Crippen MR) is 83.1 cm³/mol. The first-order valence-electron chi connectivity index (χ1n) is 7.42. The second kappa shape index (κ2) is 6.69. The molecule has 1 aromatic rings. The molecule has 2 rings (SSSR count). The molecule has 1 aliphatic carbocycles. The first kappa shape index (κ1) is 16.8. The van der Waals surface area contributed by atoms with Gasteiger partial charge >= 0.3 is 5.97 Å². The van der Waals surface area contributed by atoms with Crippen LogP contribution in [0.2, 0.25) is 0 Å². The smallest absolute Gasteiger partial charge is 0.338 e. The molecule has 1 aromatic carbocycles. The molecule has 0 spiro atoms. The maximum atomic E-state index is 12.0. The number of hydrogen-bond acceptors (Lipinski definition) is 5. The number of esters is 1. The van der Waals surface area contributed by atoms with Gasteiger partial charge in [-0.3, -0.25) is 0 Å². The average Bonchev–Trinajstić information content (AvgIpc) is 2.46. The van der Waals surface area contributed by atoms with E-state index in [2.05, 4.69) is 0 Å². The van der Waals surface area contributed by atoms with Crippen LogP contribution in [-0.2, 0) is 14.6 Å². The van der Waals surface area contributed by atoms with Crippen molar-refractivity contribution in [3.63, 3.8) is 0 Å². The Labute approximate surface area is 131 Å². The third-order valence-corrected chi connectivity index (χ3v) is 5.06. The van der Waals surface area contributed by atoms with Gasteiger partial charge in [-0.2, -0.15) is 0 Å². The number of carbonyl (C=O) groups excluding carboxylic acids is 1. The fraction of sp³-hybridized carbons (Fsp3) is 0.562. The lowest BCUT2D eigenvalue weighted by atomic mass is 9.98. The number of rotatable bonds is 4. The summed E-state index contributed by atoms with van der Waals surface area (Å²) in [5.74, 6) is -0.217. The van der Waals surface area contributed by atoms with Gasteiger partial charge in [0.15, 0.2) is 9.84 Å². The van der Waals surface area contributed by atoms with Gasteiger partial charge in [-0.25, -0.2) is 13.2 Å². The zero-order valence-corrected chi connectivity index (χ0v) is 14.0. The number of carbonyl (C=O) groups is 1. The van der Waals surface area contributed by atoms with Crippen molar-refractivity contribution in [1.29, 1.82) is 0 Å². The first-order valence-corrected chi connectivity index (χ1v) is 9.31. The summed E-state index contributed by atoms with van der Waals surface area (Å²) >= 11 is 0. The number of methoxy groups -OCH3 is 1. The molecule has 0 heterocycles. The second-order valence-electron chi connectivity index (χ2n) is 5.76. The van der Waals surface area contributed by atoms with Crippen LogP contribution in [0.4, 0.5) is 0 Å². The Morgan fingerprint density at radius 2 is 1.82 bits per heavy atom. The van der Waals surface area contributed by atoms with Gasteiger partial charge in [-0.05, 0) is 50.3 Å². The van der Waals surface area contributed by atoms with Gasteiger partial charge in [-0.1, -0.05) is 6.42 Å². The monoisotopic (exact) mass is 326 g/mol. The molecule has 1 aliphatic rings. The SMILES string of the molecule is COC(=O)c1cc(S(C)(=O)=O)c(OC2CCCCC2)cc1C. The van der Waals surface area contributed by atoms with Crippen molar-refractivity contribution in [3.05, 3.63) is 23.3 Å². The molecule has 1 fully saturated rings. The number of ether oxygens (including phenoxy) is 2. The minimum absolute atomic E-state index is 0.0395. The molecule has 0 N–H and O–H groups in total. The number of benzene rings is 1. The van der Waals surface area contributed by atoms with Gasteiger partial charge in [-0.15, -0.1) is 0 Å². The molecular weight excluding hydrogens is 304 g/mol. The topological polar surface area (TPSA) is 69.7 Å². The Kier molecular flexibility index (Phi) is 5.11. The highest BCUT2D eigenvalue weighted by Gasteiger charge is 2.23. The zero-order valence-electron chi connectivity index (χ0n) is 13.2. The Balaban J connectivity index is 2.43. The summed E-state index contributed by atoms with van der Waals surface area (Å²) in [5.41, 5.74) is 0.893. The zero-order chi connectivity index (χ0) is 16.3. The number of aryl methyl sites for hydroxylation is 1. The van der Waals surface area contributed by atoms with Crippen LogP contribution in [-0.4, -0.2) is 33.9 Å². The maximum Gasteiger partial charge on any atom is 0.338 e. The van der Waals surface area contributed by atoms with Crippen molar-refractivity contribution in [2.75, 3.05) is 13.4 Å². The van der Waals surface area contributed by atoms with Gasteiger partial charge < -0.3 is 9.47 Å². The summed E-state index contributed by atoms with van der Waals surface area (Å²) in [4.78, 5) is 11.8. The number of sulfone groups is 1. The van der Waals surface area contributed by atoms with Gasteiger partial charge in [0, 0.05) is 6.26 Å². The van der Waals surface area contributed by atoms with E-state index >= 15 is 0 Å². The molecule has 0 saturated heterocycles. The van der Waals surface area contributed by atoms with Crippen LogP contribution in [0, 0.1) is 6.92 Å². The summed E-state index contributed by atoms with van der Waals surface area (Å²) in [6.45, 7) is 1.74. The largest absolute Gasteiger partial charge is 0.489 e. The molecular formula is C16H22O5S. The average molecular weight is 326 g/mol. The highest BCUT2D eigenvalue weighted by atomic mass is 32.2. The maximum absolute atomic E-state index is 12.0. The van der Waals surface area contributed by atoms with Crippen molar-refractivity contribution in [3.8, 4) is 5.75 Å². The molecule has 0 aliphatic heterocycles. The van der Waals surface area contributed by atoms with E-state index in [1.165, 1.54) is 19.6 Å². The van der Waals surface area contributed by atoms with Crippen LogP contribution in [0.15, 0.2) is 17.0 Å². The van der Waals surface area contributed by atoms with E-state index in [1.807, 2.05) is 0 Å². The second-order valence-corrected chi connectivity index (χ2v) is 7.74. The summed E-state index contributed by atoms with van der Waals surface area (Å²) in [7, 11) is -2.23. The van der Waals surface area contributed by atoms with E-state index in [4.69, 9.17) is 9.47 Å². The Morgan fingerprint density at radius 1 is 1.18 bits per heavy atom. The molecule has 0 bridgehead atoms. The van der Waals surface area contributed by atoms with E-state index in [-0.39, 0.29) is 16.6 Å². The van der Waals surface area contributed by atoms with E-state index < -0.39 is 15.8 Å². The minimum Gasteiger partial charge on any atom is -0.489 e. The Morgan fingerprint density at radius 3 is 2.36 bits per heavy atom. The summed E-state index contributed by atoms with van der Waals surface area (Å²) in [5, 5.41) is 0. The fourth-order valence-corrected chi connectivity index (χ4v) is 3.54. The lowest BCUT2D eigenvalue weighted by molar-refractivity contribution is 0.0599. The van der Waals surface area contributed by atoms with Crippen molar-refractivity contribution in [1.82, 2.24) is 0 Å². The molecule has 0 atom stereocenters. The molecule has 0 aromatic heterocycles. The van der Waals surface area contributed by atoms with E-state index in [0.717, 1.165) is 31.9 Å². The summed E-state index contributed by atoms with van der Waals surface area (Å²) < 4.78 is 34.7. The predicted octanol–water partition coefficient (Wildman–Crippen LogP) is 2.90. The van der Waals surface area contributed by atoms with Crippen molar-refractivity contribution < 1.29 is 22.7 Å². The standard InChI is InChI=1S/C16H22O5S/c1-11-9-14(21-12-7-5-4-6-8-12)15(22(3,18)19)10-13(11)16(17)20-2/h9-10,12H,4-8H2,1-3H3. The van der Waals surface area contributed by atoms with Crippen LogP contribution in [0.25, 0.3) is 0 Å². The third-order valence-electron chi connectivity index (χ3n) is 3.94. The van der Waals surface area contributed by atoms with Gasteiger partial charge in [0.05, 0.1) is 18.8 Å². The van der Waals surface area contributed by atoms with Crippen molar-refractivity contribution in [2.45, 2.75) is 50.0 Å². The lowest BCUT2D eigenvalue weighted by Crippen LogP contribution is -2.21. The molecule has 122 valence electrons. The Bertz CT molecular complexity index is 657. The van der Waals surface area contributed by atoms with Gasteiger partial charge in [0.1, 0.15) is 10.6 Å². The third kappa shape index (κ3) is 3.80. The van der Waals surface area contributed by atoms with Crippen LogP contribution in [0.5, 0.6) is 5.75 Å². The van der Waals surface area contributed by atoms with Crippen molar-refractivity contribution >= 4 is 15.8 Å². The van der Waals surface area contributed by atoms with Crippen LogP contribution >= 0.6 is 0 Å². The van der Waals surface area contributed by atoms with Crippen LogP contribution in [0.3, 0.4) is 0 Å². The van der Waals surface area contributed by atoms with Gasteiger partial charge in [0.2, 0.25) is 0 Å². The molecule has 6 heteroatoms. The summed E-state index contributed by atoms with van der Waals surface area (Å²) in [6.07, 6.45) is 6.40. The van der Waals surface area contributed by atoms with Crippen LogP contribution < -0.4 is 4.74 Å². The molecule has 22 heavy (non-hydrogen) atoms. The highest BCUT2D eigenvalue weighted by molar-refractivity contribution is 7.90. The van der Waals surface area contributed by atoms with E-state index in [9.17, 15) is 13.2 Å². The highest BCUT2D eigenvalue weighted by Crippen LogP contribution is 2.31. The van der Waals surface area contributed by atoms with Crippen LogP contribution in [0.1, 0.15) is 48.0 Å². The molecule has 1 saturated carbocycles. The molecule has 0 radical (unpaired) electrons. The minimum atomic E-state index is -3.50. The Hall–Kier alpha value is -1.56. The van der Waals surface area contributed by atoms with Gasteiger partial charge in [0.25, 0.3) is 0 Å². The molecule has 0 amide bonds. The molecule has 5 nitrogen and oxygen atoms in total. The van der Waals surface area contributed by atoms with E-state index in [0.29, 0.717) is 11.3 Å². The van der Waals surface area contributed by atoms with Crippen molar-refractivity contribution in [2.24, 2.45) is 0 Å². The lowest BCUT2D eigenvalue weighted by Gasteiger charge is -2.24. The first-order chi connectivity index (χ1) is 10.3. The number of hydrogen-bond donors (Lipinski definition) is 0. The fourth-order valence-electron chi connectivity index (χ4n) is 2.74. The normalized spacial score (nSPS) is 16.3. The van der Waals surface area contributed by atoms with E-state index in [1.54, 1.807) is 13.0 Å². The molecule has 0 unspecified atom stereocenters.